The van der Waals surface area contributed by atoms with Gasteiger partial charge in [-0.1, -0.05) is 12.1 Å². The minimum atomic E-state index is -0.394. The lowest BCUT2D eigenvalue weighted by molar-refractivity contribution is 0.627. The summed E-state index contributed by atoms with van der Waals surface area (Å²) in [4.78, 5) is 26.6. The molecule has 2 heterocycles. The molecule has 0 aliphatic rings. The molecule has 0 bridgehead atoms. The first-order valence-electron chi connectivity index (χ1n) is 5.58. The average Bonchev–Trinajstić information content (AvgIpc) is 2.87. The molecule has 3 aromatic rings. The Labute approximate surface area is 106 Å². The molecule has 2 N–H and O–H groups in total. The standard InChI is InChI=1S/C12H10FN5O/c1-18(8-5-3-2-4-7(8)13)12-16-10-9(11(19)17-12)14-6-15-10/h2-6H,1H3,(H2,14,15,16,17,19). The summed E-state index contributed by atoms with van der Waals surface area (Å²) in [6, 6.07) is 6.25. The van der Waals surface area contributed by atoms with E-state index in [0.717, 1.165) is 0 Å². The molecule has 1 aromatic carbocycles. The third kappa shape index (κ3) is 1.85. The number of nitrogens with one attached hydrogen (secondary N) is 2. The number of aromatic amines is 2. The molecular weight excluding hydrogens is 249 g/mol. The molecule has 0 aliphatic heterocycles. The molecular formula is C12H10FN5O. The van der Waals surface area contributed by atoms with Gasteiger partial charge in [-0.3, -0.25) is 9.78 Å². The minimum Gasteiger partial charge on any atom is -0.339 e. The number of anilines is 2. The molecule has 2 aromatic heterocycles. The lowest BCUT2D eigenvalue weighted by Gasteiger charge is -2.17. The second-order valence-electron chi connectivity index (χ2n) is 4.00. The number of imidazole rings is 1. The van der Waals surface area contributed by atoms with Gasteiger partial charge in [0, 0.05) is 7.05 Å². The van der Waals surface area contributed by atoms with Gasteiger partial charge in [0.05, 0.1) is 12.0 Å². The third-order valence-electron chi connectivity index (χ3n) is 2.82. The monoisotopic (exact) mass is 259 g/mol. The first-order chi connectivity index (χ1) is 9.16. The summed E-state index contributed by atoms with van der Waals surface area (Å²) in [5.74, 6) is -0.163. The number of benzene rings is 1. The number of nitrogens with zero attached hydrogens (tertiary/aromatic N) is 3. The van der Waals surface area contributed by atoms with Crippen molar-refractivity contribution >= 4 is 22.8 Å². The summed E-state index contributed by atoms with van der Waals surface area (Å²) in [7, 11) is 1.62. The molecule has 0 radical (unpaired) electrons. The summed E-state index contributed by atoms with van der Waals surface area (Å²) >= 11 is 0. The van der Waals surface area contributed by atoms with Gasteiger partial charge < -0.3 is 9.88 Å². The summed E-state index contributed by atoms with van der Waals surface area (Å²) < 4.78 is 13.7. The van der Waals surface area contributed by atoms with Gasteiger partial charge in [-0.15, -0.1) is 0 Å². The van der Waals surface area contributed by atoms with Crippen LogP contribution in [0.2, 0.25) is 0 Å². The van der Waals surface area contributed by atoms with E-state index in [-0.39, 0.29) is 11.5 Å². The molecule has 0 spiro atoms. The zero-order valence-corrected chi connectivity index (χ0v) is 10.0. The fourth-order valence-corrected chi connectivity index (χ4v) is 1.83. The van der Waals surface area contributed by atoms with E-state index >= 15 is 0 Å². The van der Waals surface area contributed by atoms with Gasteiger partial charge in [-0.2, -0.15) is 4.98 Å². The molecule has 0 fully saturated rings. The third-order valence-corrected chi connectivity index (χ3v) is 2.82. The summed E-state index contributed by atoms with van der Waals surface area (Å²) in [5, 5.41) is 0. The second kappa shape index (κ2) is 4.20. The highest BCUT2D eigenvalue weighted by Crippen LogP contribution is 2.22. The van der Waals surface area contributed by atoms with E-state index < -0.39 is 5.82 Å². The van der Waals surface area contributed by atoms with E-state index in [2.05, 4.69) is 19.9 Å². The topological polar surface area (TPSA) is 77.7 Å². The number of hydrogen-bond donors (Lipinski definition) is 2. The normalized spacial score (nSPS) is 10.8. The van der Waals surface area contributed by atoms with Crippen molar-refractivity contribution in [1.29, 1.82) is 0 Å². The minimum absolute atomic E-state index is 0.231. The van der Waals surface area contributed by atoms with E-state index in [4.69, 9.17) is 0 Å². The van der Waals surface area contributed by atoms with Gasteiger partial charge >= 0.3 is 0 Å². The first-order valence-corrected chi connectivity index (χ1v) is 5.58. The predicted molar refractivity (Wildman–Crippen MR) is 69.0 cm³/mol. The Morgan fingerprint density at radius 2 is 2.11 bits per heavy atom. The van der Waals surface area contributed by atoms with Crippen LogP contribution in [0.1, 0.15) is 0 Å². The van der Waals surface area contributed by atoms with E-state index in [0.29, 0.717) is 16.9 Å². The second-order valence-corrected chi connectivity index (χ2v) is 4.00. The van der Waals surface area contributed by atoms with Crippen molar-refractivity contribution < 1.29 is 4.39 Å². The Bertz CT molecular complexity index is 794. The van der Waals surface area contributed by atoms with Crippen molar-refractivity contribution in [3.63, 3.8) is 0 Å². The van der Waals surface area contributed by atoms with Crippen LogP contribution in [0.5, 0.6) is 0 Å². The highest BCUT2D eigenvalue weighted by atomic mass is 19.1. The maximum Gasteiger partial charge on any atom is 0.278 e. The van der Waals surface area contributed by atoms with Crippen LogP contribution in [0, 0.1) is 5.82 Å². The molecule has 0 saturated heterocycles. The van der Waals surface area contributed by atoms with Crippen molar-refractivity contribution in [3.05, 3.63) is 46.8 Å². The van der Waals surface area contributed by atoms with Crippen LogP contribution in [0.4, 0.5) is 16.0 Å². The fourth-order valence-electron chi connectivity index (χ4n) is 1.83. The first kappa shape index (κ1) is 11.4. The molecule has 0 aliphatic carbocycles. The summed E-state index contributed by atoms with van der Waals surface area (Å²) in [6.45, 7) is 0. The Hall–Kier alpha value is -2.70. The van der Waals surface area contributed by atoms with Crippen LogP contribution >= 0.6 is 0 Å². The highest BCUT2D eigenvalue weighted by Gasteiger charge is 2.13. The van der Waals surface area contributed by atoms with Crippen molar-refractivity contribution in [2.45, 2.75) is 0 Å². The largest absolute Gasteiger partial charge is 0.339 e. The lowest BCUT2D eigenvalue weighted by atomic mass is 10.3. The van der Waals surface area contributed by atoms with E-state index in [1.807, 2.05) is 0 Å². The van der Waals surface area contributed by atoms with Crippen LogP contribution in [0.15, 0.2) is 35.4 Å². The van der Waals surface area contributed by atoms with Crippen LogP contribution in [-0.4, -0.2) is 27.0 Å². The van der Waals surface area contributed by atoms with Crippen molar-refractivity contribution in [2.24, 2.45) is 0 Å². The number of rotatable bonds is 2. The van der Waals surface area contributed by atoms with E-state index in [1.54, 1.807) is 25.2 Å². The van der Waals surface area contributed by atoms with Gasteiger partial charge in [0.15, 0.2) is 11.2 Å². The SMILES string of the molecule is CN(c1nc2nc[nH]c2c(=O)[nH]1)c1ccccc1F. The Kier molecular flexibility index (Phi) is 2.52. The van der Waals surface area contributed by atoms with E-state index in [9.17, 15) is 9.18 Å². The Morgan fingerprint density at radius 1 is 1.32 bits per heavy atom. The lowest BCUT2D eigenvalue weighted by Crippen LogP contribution is -2.19. The van der Waals surface area contributed by atoms with Gasteiger partial charge in [0.25, 0.3) is 5.56 Å². The number of fused-ring (bicyclic) bond motifs is 1. The van der Waals surface area contributed by atoms with Gasteiger partial charge in [-0.25, -0.2) is 9.37 Å². The van der Waals surface area contributed by atoms with Crippen LogP contribution in [0.25, 0.3) is 11.2 Å². The quantitative estimate of drug-likeness (QED) is 0.732. The number of hydrogen-bond acceptors (Lipinski definition) is 4. The molecule has 0 saturated carbocycles. The van der Waals surface area contributed by atoms with Gasteiger partial charge in [-0.05, 0) is 12.1 Å². The van der Waals surface area contributed by atoms with E-state index in [1.165, 1.54) is 17.3 Å². The molecule has 3 rings (SSSR count). The summed E-state index contributed by atoms with van der Waals surface area (Å²) in [6.07, 6.45) is 1.39. The maximum absolute atomic E-state index is 13.7. The van der Waals surface area contributed by atoms with Crippen LogP contribution in [0.3, 0.4) is 0 Å². The maximum atomic E-state index is 13.7. The van der Waals surface area contributed by atoms with Crippen molar-refractivity contribution in [1.82, 2.24) is 19.9 Å². The number of H-pyrrole nitrogens is 2. The predicted octanol–water partition coefficient (Wildman–Crippen LogP) is 1.55. The summed E-state index contributed by atoms with van der Waals surface area (Å²) in [5.41, 5.74) is 0.564. The van der Waals surface area contributed by atoms with Gasteiger partial charge in [0.1, 0.15) is 5.82 Å². The molecule has 7 heteroatoms. The fraction of sp³-hybridized carbons (Fsp3) is 0.0833. The highest BCUT2D eigenvalue weighted by molar-refractivity contribution is 5.71. The van der Waals surface area contributed by atoms with Crippen molar-refractivity contribution in [2.75, 3.05) is 11.9 Å². The number of para-hydroxylation sites is 1. The molecule has 0 atom stereocenters. The molecule has 6 nitrogen and oxygen atoms in total. The average molecular weight is 259 g/mol. The molecule has 19 heavy (non-hydrogen) atoms. The van der Waals surface area contributed by atoms with Crippen molar-refractivity contribution in [3.8, 4) is 0 Å². The van der Waals surface area contributed by atoms with Crippen LogP contribution in [-0.2, 0) is 0 Å². The van der Waals surface area contributed by atoms with Crippen LogP contribution < -0.4 is 10.5 Å². The number of aromatic nitrogens is 4. The molecule has 96 valence electrons. The molecule has 0 amide bonds. The molecule has 0 unspecified atom stereocenters. The van der Waals surface area contributed by atoms with Gasteiger partial charge in [0.2, 0.25) is 5.95 Å². The Balaban J connectivity index is 2.14. The smallest absolute Gasteiger partial charge is 0.278 e. The number of halogens is 1. The Morgan fingerprint density at radius 3 is 2.89 bits per heavy atom. The zero-order chi connectivity index (χ0) is 13.4. The zero-order valence-electron chi connectivity index (χ0n) is 10.0.